The third-order valence-corrected chi connectivity index (χ3v) is 5.45. The Balaban J connectivity index is 2.33. The lowest BCUT2D eigenvalue weighted by Gasteiger charge is -2.31. The Labute approximate surface area is 113 Å². The van der Waals surface area contributed by atoms with Gasteiger partial charge in [0.25, 0.3) is 0 Å². The third kappa shape index (κ3) is 2.96. The van der Waals surface area contributed by atoms with Gasteiger partial charge in [-0.25, -0.2) is 12.8 Å². The van der Waals surface area contributed by atoms with Crippen LogP contribution < -0.4 is 5.32 Å². The zero-order chi connectivity index (χ0) is 14.0. The first-order valence-electron chi connectivity index (χ1n) is 6.38. The molecule has 1 aliphatic heterocycles. The lowest BCUT2D eigenvalue weighted by Crippen LogP contribution is -2.46. The summed E-state index contributed by atoms with van der Waals surface area (Å²) in [5.41, 5.74) is 0.732. The van der Waals surface area contributed by atoms with Crippen LogP contribution >= 0.6 is 0 Å². The highest BCUT2D eigenvalue weighted by Crippen LogP contribution is 2.23. The number of hydrogen-bond acceptors (Lipinski definition) is 3. The van der Waals surface area contributed by atoms with Crippen LogP contribution in [0.3, 0.4) is 0 Å². The second-order valence-electron chi connectivity index (χ2n) is 4.96. The maximum atomic E-state index is 13.8. The van der Waals surface area contributed by atoms with Crippen LogP contribution in [0.5, 0.6) is 0 Å². The fraction of sp³-hybridized carbons (Fsp3) is 0.538. The van der Waals surface area contributed by atoms with Gasteiger partial charge in [0, 0.05) is 19.6 Å². The molecule has 4 nitrogen and oxygen atoms in total. The summed E-state index contributed by atoms with van der Waals surface area (Å²) in [4.78, 5) is -0.236. The number of hydrogen-bond donors (Lipinski definition) is 1. The summed E-state index contributed by atoms with van der Waals surface area (Å²) in [7, 11) is -2.25. The Morgan fingerprint density at radius 3 is 2.79 bits per heavy atom. The molecule has 1 N–H and O–H groups in total. The van der Waals surface area contributed by atoms with E-state index in [-0.39, 0.29) is 10.9 Å². The summed E-state index contributed by atoms with van der Waals surface area (Å²) in [6, 6.07) is 4.04. The maximum Gasteiger partial charge on any atom is 0.246 e. The monoisotopic (exact) mass is 286 g/mol. The topological polar surface area (TPSA) is 49.4 Å². The number of sulfonamides is 1. The molecule has 0 bridgehead atoms. The highest BCUT2D eigenvalue weighted by molar-refractivity contribution is 7.89. The van der Waals surface area contributed by atoms with Gasteiger partial charge in [0.1, 0.15) is 10.7 Å². The van der Waals surface area contributed by atoms with Gasteiger partial charge in [-0.1, -0.05) is 6.07 Å². The van der Waals surface area contributed by atoms with E-state index in [2.05, 4.69) is 5.32 Å². The van der Waals surface area contributed by atoms with Crippen LogP contribution in [0, 0.1) is 12.7 Å². The van der Waals surface area contributed by atoms with Gasteiger partial charge in [0.2, 0.25) is 10.0 Å². The van der Waals surface area contributed by atoms with E-state index in [4.69, 9.17) is 0 Å². The Bertz CT molecular complexity index is 554. The molecule has 0 amide bonds. The van der Waals surface area contributed by atoms with Crippen molar-refractivity contribution in [2.75, 3.05) is 20.1 Å². The van der Waals surface area contributed by atoms with E-state index in [1.54, 1.807) is 13.0 Å². The molecule has 1 unspecified atom stereocenters. The first kappa shape index (κ1) is 14.4. The van der Waals surface area contributed by atoms with Gasteiger partial charge in [0.05, 0.1) is 0 Å². The van der Waals surface area contributed by atoms with Crippen LogP contribution in [-0.4, -0.2) is 38.9 Å². The van der Waals surface area contributed by atoms with Crippen molar-refractivity contribution in [2.24, 2.45) is 0 Å². The average molecular weight is 286 g/mol. The van der Waals surface area contributed by atoms with E-state index >= 15 is 0 Å². The van der Waals surface area contributed by atoms with Gasteiger partial charge < -0.3 is 5.32 Å². The number of rotatable bonds is 3. The average Bonchev–Trinajstić information content (AvgIpc) is 2.41. The van der Waals surface area contributed by atoms with Gasteiger partial charge in [-0.05, 0) is 44.0 Å². The minimum atomic E-state index is -3.77. The molecule has 6 heteroatoms. The normalized spacial score (nSPS) is 20.7. The Morgan fingerprint density at radius 1 is 1.42 bits per heavy atom. The minimum Gasteiger partial charge on any atom is -0.315 e. The van der Waals surface area contributed by atoms with E-state index < -0.39 is 15.8 Å². The second kappa shape index (κ2) is 5.56. The Hall–Kier alpha value is -0.980. The van der Waals surface area contributed by atoms with Gasteiger partial charge in [-0.3, -0.25) is 0 Å². The van der Waals surface area contributed by atoms with Gasteiger partial charge >= 0.3 is 0 Å². The minimum absolute atomic E-state index is 0.112. The van der Waals surface area contributed by atoms with Crippen molar-refractivity contribution in [1.29, 1.82) is 0 Å². The largest absolute Gasteiger partial charge is 0.315 e. The fourth-order valence-electron chi connectivity index (χ4n) is 2.30. The molecule has 19 heavy (non-hydrogen) atoms. The zero-order valence-corrected chi connectivity index (χ0v) is 12.0. The summed E-state index contributed by atoms with van der Waals surface area (Å²) < 4.78 is 40.0. The molecule has 0 aliphatic carbocycles. The Kier molecular flexibility index (Phi) is 4.23. The van der Waals surface area contributed by atoms with Crippen LogP contribution in [0.1, 0.15) is 18.4 Å². The Morgan fingerprint density at radius 2 is 2.16 bits per heavy atom. The number of likely N-dealkylation sites (N-methyl/N-ethyl adjacent to an activating group) is 1. The summed E-state index contributed by atoms with van der Waals surface area (Å²) in [5.74, 6) is -0.693. The number of nitrogens with zero attached hydrogens (tertiary/aromatic N) is 1. The van der Waals surface area contributed by atoms with Gasteiger partial charge in [-0.15, -0.1) is 0 Å². The van der Waals surface area contributed by atoms with Crippen LogP contribution in [0.15, 0.2) is 23.1 Å². The quantitative estimate of drug-likeness (QED) is 0.916. The molecule has 1 aliphatic rings. The van der Waals surface area contributed by atoms with E-state index in [1.807, 2.05) is 0 Å². The van der Waals surface area contributed by atoms with E-state index in [0.717, 1.165) is 24.9 Å². The van der Waals surface area contributed by atoms with Crippen molar-refractivity contribution < 1.29 is 12.8 Å². The van der Waals surface area contributed by atoms with Crippen molar-refractivity contribution in [2.45, 2.75) is 30.7 Å². The van der Waals surface area contributed by atoms with Crippen LogP contribution in [-0.2, 0) is 10.0 Å². The fourth-order valence-corrected chi connectivity index (χ4v) is 3.84. The van der Waals surface area contributed by atoms with E-state index in [9.17, 15) is 12.8 Å². The van der Waals surface area contributed by atoms with Crippen molar-refractivity contribution in [1.82, 2.24) is 9.62 Å². The first-order valence-corrected chi connectivity index (χ1v) is 7.82. The lowest BCUT2D eigenvalue weighted by atomic mass is 10.1. The molecule has 1 saturated heterocycles. The third-order valence-electron chi connectivity index (χ3n) is 3.53. The SMILES string of the molecule is Cc1ccc(F)c(S(=O)(=O)N(C)C2CCCNC2)c1. The van der Waals surface area contributed by atoms with Crippen molar-refractivity contribution >= 4 is 10.0 Å². The van der Waals surface area contributed by atoms with Crippen LogP contribution in [0.2, 0.25) is 0 Å². The molecular weight excluding hydrogens is 267 g/mol. The first-order chi connectivity index (χ1) is 8.93. The molecule has 106 valence electrons. The summed E-state index contributed by atoms with van der Waals surface area (Å²) in [6.45, 7) is 3.27. The summed E-state index contributed by atoms with van der Waals surface area (Å²) in [5, 5.41) is 3.17. The van der Waals surface area contributed by atoms with Crippen LogP contribution in [0.4, 0.5) is 4.39 Å². The molecule has 1 atom stereocenters. The molecule has 1 aromatic carbocycles. The second-order valence-corrected chi connectivity index (χ2v) is 6.92. The molecule has 0 aromatic heterocycles. The van der Waals surface area contributed by atoms with Gasteiger partial charge in [0.15, 0.2) is 0 Å². The molecule has 0 spiro atoms. The molecule has 0 saturated carbocycles. The van der Waals surface area contributed by atoms with Crippen molar-refractivity contribution in [3.63, 3.8) is 0 Å². The van der Waals surface area contributed by atoms with E-state index in [0.29, 0.717) is 6.54 Å². The zero-order valence-electron chi connectivity index (χ0n) is 11.2. The summed E-state index contributed by atoms with van der Waals surface area (Å²) in [6.07, 6.45) is 1.73. The predicted molar refractivity (Wildman–Crippen MR) is 72.0 cm³/mol. The lowest BCUT2D eigenvalue weighted by molar-refractivity contribution is 0.299. The number of halogens is 1. The molecule has 1 fully saturated rings. The molecule has 2 rings (SSSR count). The highest BCUT2D eigenvalue weighted by Gasteiger charge is 2.30. The van der Waals surface area contributed by atoms with Gasteiger partial charge in [-0.2, -0.15) is 4.31 Å². The molecule has 1 aromatic rings. The smallest absolute Gasteiger partial charge is 0.246 e. The number of nitrogens with one attached hydrogen (secondary N) is 1. The summed E-state index contributed by atoms with van der Waals surface area (Å²) >= 11 is 0. The highest BCUT2D eigenvalue weighted by atomic mass is 32.2. The van der Waals surface area contributed by atoms with Crippen LogP contribution in [0.25, 0.3) is 0 Å². The predicted octanol–water partition coefficient (Wildman–Crippen LogP) is 1.51. The maximum absolute atomic E-state index is 13.8. The van der Waals surface area contributed by atoms with E-state index in [1.165, 1.54) is 23.5 Å². The van der Waals surface area contributed by atoms with Crippen molar-refractivity contribution in [3.05, 3.63) is 29.6 Å². The number of aryl methyl sites for hydroxylation is 1. The molecule has 1 heterocycles. The molecule has 0 radical (unpaired) electrons. The molecular formula is C13H19FN2O2S. The van der Waals surface area contributed by atoms with Crippen molar-refractivity contribution in [3.8, 4) is 0 Å². The number of piperidine rings is 1. The number of benzene rings is 1. The standard InChI is InChI=1S/C13H19FN2O2S/c1-10-5-6-12(14)13(8-10)19(17,18)16(2)11-4-3-7-15-9-11/h5-6,8,11,15H,3-4,7,9H2,1-2H3.